The van der Waals surface area contributed by atoms with E-state index in [4.69, 9.17) is 10.5 Å². The van der Waals surface area contributed by atoms with Crippen LogP contribution in [0.5, 0.6) is 5.75 Å². The van der Waals surface area contributed by atoms with Crippen LogP contribution in [-0.2, 0) is 11.3 Å². The van der Waals surface area contributed by atoms with Crippen LogP contribution in [0.2, 0.25) is 0 Å². The van der Waals surface area contributed by atoms with Crippen LogP contribution >= 0.6 is 0 Å². The van der Waals surface area contributed by atoms with E-state index in [9.17, 15) is 4.79 Å². The fourth-order valence-corrected chi connectivity index (χ4v) is 1.51. The summed E-state index contributed by atoms with van der Waals surface area (Å²) in [4.78, 5) is 15.3. The molecule has 0 fully saturated rings. The topological polar surface area (TPSA) is 81.6 Å². The number of pyridine rings is 1. The summed E-state index contributed by atoms with van der Waals surface area (Å²) in [5.41, 5.74) is 7.15. The third-order valence-electron chi connectivity index (χ3n) is 2.42. The van der Waals surface area contributed by atoms with Crippen molar-refractivity contribution in [1.82, 2.24) is 14.7 Å². The number of hydrogen-bond donors (Lipinski definition) is 2. The van der Waals surface area contributed by atoms with E-state index in [0.29, 0.717) is 17.9 Å². The molecule has 6 nitrogen and oxygen atoms in total. The molecule has 1 amide bonds. The lowest BCUT2D eigenvalue weighted by Gasteiger charge is -2.06. The first-order chi connectivity index (χ1) is 8.26. The summed E-state index contributed by atoms with van der Waals surface area (Å²) in [7, 11) is 1.56. The van der Waals surface area contributed by atoms with Gasteiger partial charge in [0.25, 0.3) is 5.91 Å². The summed E-state index contributed by atoms with van der Waals surface area (Å²) in [6, 6.07) is 3.60. The largest absolute Gasteiger partial charge is 0.480 e. The third kappa shape index (κ3) is 2.21. The van der Waals surface area contributed by atoms with Gasteiger partial charge in [-0.1, -0.05) is 0 Å². The molecule has 0 aliphatic carbocycles. The Labute approximate surface area is 98.4 Å². The van der Waals surface area contributed by atoms with Crippen LogP contribution in [0.25, 0.3) is 5.65 Å². The third-order valence-corrected chi connectivity index (χ3v) is 2.42. The zero-order valence-corrected chi connectivity index (χ0v) is 9.51. The molecule has 3 N–H and O–H groups in total. The molecule has 2 aromatic rings. The highest BCUT2D eigenvalue weighted by molar-refractivity contribution is 5.77. The number of aromatic nitrogens is 2. The molecule has 0 spiro atoms. The summed E-state index contributed by atoms with van der Waals surface area (Å²) in [6.45, 7) is 0.376. The number of likely N-dealkylation sites (N-methyl/N-ethyl adjacent to an activating group) is 1. The van der Waals surface area contributed by atoms with Gasteiger partial charge in [0.15, 0.2) is 18.0 Å². The second-order valence-corrected chi connectivity index (χ2v) is 3.48. The Morgan fingerprint density at radius 1 is 1.65 bits per heavy atom. The zero-order valence-electron chi connectivity index (χ0n) is 9.51. The normalized spacial score (nSPS) is 10.5. The minimum absolute atomic E-state index is 0.0268. The molecule has 2 aromatic heterocycles. The SMILES string of the molecule is CNC(=O)COc1cccn2c(CN)cnc12. The lowest BCUT2D eigenvalue weighted by atomic mass is 10.4. The molecule has 90 valence electrons. The number of nitrogens with one attached hydrogen (secondary N) is 1. The summed E-state index contributed by atoms with van der Waals surface area (Å²) < 4.78 is 7.24. The number of hydrogen-bond acceptors (Lipinski definition) is 4. The molecule has 0 aliphatic heterocycles. The predicted molar refractivity (Wildman–Crippen MR) is 62.6 cm³/mol. The maximum atomic E-state index is 11.1. The fraction of sp³-hybridized carbons (Fsp3) is 0.273. The van der Waals surface area contributed by atoms with Gasteiger partial charge in [0.1, 0.15) is 0 Å². The lowest BCUT2D eigenvalue weighted by molar-refractivity contribution is -0.122. The van der Waals surface area contributed by atoms with E-state index in [1.807, 2.05) is 16.7 Å². The number of carbonyl (C=O) groups is 1. The monoisotopic (exact) mass is 234 g/mol. The van der Waals surface area contributed by atoms with E-state index >= 15 is 0 Å². The van der Waals surface area contributed by atoms with Gasteiger partial charge in [0.2, 0.25) is 0 Å². The van der Waals surface area contributed by atoms with Gasteiger partial charge < -0.3 is 15.8 Å². The molecule has 2 rings (SSSR count). The van der Waals surface area contributed by atoms with Crippen molar-refractivity contribution >= 4 is 11.6 Å². The number of ether oxygens (including phenoxy) is 1. The van der Waals surface area contributed by atoms with Gasteiger partial charge in [0, 0.05) is 19.8 Å². The highest BCUT2D eigenvalue weighted by Crippen LogP contribution is 2.19. The van der Waals surface area contributed by atoms with Crippen molar-refractivity contribution in [1.29, 1.82) is 0 Å². The van der Waals surface area contributed by atoms with Gasteiger partial charge in [-0.15, -0.1) is 0 Å². The van der Waals surface area contributed by atoms with Crippen molar-refractivity contribution in [3.63, 3.8) is 0 Å². The Hall–Kier alpha value is -2.08. The molecular weight excluding hydrogens is 220 g/mol. The first kappa shape index (κ1) is 11.4. The van der Waals surface area contributed by atoms with Crippen LogP contribution in [0.3, 0.4) is 0 Å². The highest BCUT2D eigenvalue weighted by atomic mass is 16.5. The Kier molecular flexibility index (Phi) is 3.24. The molecule has 0 atom stereocenters. The molecule has 17 heavy (non-hydrogen) atoms. The fourth-order valence-electron chi connectivity index (χ4n) is 1.51. The molecule has 0 saturated carbocycles. The van der Waals surface area contributed by atoms with E-state index < -0.39 is 0 Å². The summed E-state index contributed by atoms with van der Waals surface area (Å²) in [5.74, 6) is 0.383. The number of nitrogens with two attached hydrogens (primary N) is 1. The van der Waals surface area contributed by atoms with Gasteiger partial charge in [-0.25, -0.2) is 4.98 Å². The first-order valence-electron chi connectivity index (χ1n) is 5.24. The molecule has 0 saturated heterocycles. The van der Waals surface area contributed by atoms with E-state index in [1.165, 1.54) is 0 Å². The lowest BCUT2D eigenvalue weighted by Crippen LogP contribution is -2.24. The maximum absolute atomic E-state index is 11.1. The van der Waals surface area contributed by atoms with Gasteiger partial charge in [0.05, 0.1) is 11.9 Å². The van der Waals surface area contributed by atoms with Crippen molar-refractivity contribution in [3.8, 4) is 5.75 Å². The van der Waals surface area contributed by atoms with Crippen molar-refractivity contribution in [3.05, 3.63) is 30.2 Å². The number of imidazole rings is 1. The predicted octanol–water partition coefficient (Wildman–Crippen LogP) is -0.0822. The smallest absolute Gasteiger partial charge is 0.257 e. The molecule has 0 radical (unpaired) electrons. The van der Waals surface area contributed by atoms with Gasteiger partial charge in [-0.3, -0.25) is 9.20 Å². The van der Waals surface area contributed by atoms with Gasteiger partial charge >= 0.3 is 0 Å². The Balaban J connectivity index is 2.28. The number of fused-ring (bicyclic) bond motifs is 1. The Bertz CT molecular complexity index is 535. The van der Waals surface area contributed by atoms with Gasteiger partial charge in [-0.05, 0) is 12.1 Å². The number of rotatable bonds is 4. The van der Waals surface area contributed by atoms with Crippen LogP contribution in [0.15, 0.2) is 24.5 Å². The molecule has 2 heterocycles. The Morgan fingerprint density at radius 2 is 2.47 bits per heavy atom. The van der Waals surface area contributed by atoms with Crippen molar-refractivity contribution < 1.29 is 9.53 Å². The van der Waals surface area contributed by atoms with E-state index in [1.54, 1.807) is 19.3 Å². The van der Waals surface area contributed by atoms with E-state index in [0.717, 1.165) is 5.69 Å². The van der Waals surface area contributed by atoms with Crippen LogP contribution < -0.4 is 15.8 Å². The highest BCUT2D eigenvalue weighted by Gasteiger charge is 2.08. The van der Waals surface area contributed by atoms with Crippen molar-refractivity contribution in [2.45, 2.75) is 6.54 Å². The van der Waals surface area contributed by atoms with Crippen LogP contribution in [-0.4, -0.2) is 28.9 Å². The molecule has 0 aromatic carbocycles. The van der Waals surface area contributed by atoms with Crippen molar-refractivity contribution in [2.75, 3.05) is 13.7 Å². The number of carbonyl (C=O) groups excluding carboxylic acids is 1. The van der Waals surface area contributed by atoms with E-state index in [-0.39, 0.29) is 12.5 Å². The summed E-state index contributed by atoms with van der Waals surface area (Å²) in [5, 5.41) is 2.49. The zero-order chi connectivity index (χ0) is 12.3. The Morgan fingerprint density at radius 3 is 3.18 bits per heavy atom. The molecule has 6 heteroatoms. The average Bonchev–Trinajstić information content (AvgIpc) is 2.79. The summed E-state index contributed by atoms with van der Waals surface area (Å²) in [6.07, 6.45) is 3.55. The van der Waals surface area contributed by atoms with Gasteiger partial charge in [-0.2, -0.15) is 0 Å². The maximum Gasteiger partial charge on any atom is 0.257 e. The number of amides is 1. The minimum Gasteiger partial charge on any atom is -0.480 e. The second kappa shape index (κ2) is 4.84. The van der Waals surface area contributed by atoms with Crippen LogP contribution in [0.4, 0.5) is 0 Å². The van der Waals surface area contributed by atoms with Crippen LogP contribution in [0, 0.1) is 0 Å². The van der Waals surface area contributed by atoms with Crippen molar-refractivity contribution in [2.24, 2.45) is 5.73 Å². The quantitative estimate of drug-likeness (QED) is 0.775. The average molecular weight is 234 g/mol. The number of nitrogens with zero attached hydrogens (tertiary/aromatic N) is 2. The van der Waals surface area contributed by atoms with Crippen LogP contribution in [0.1, 0.15) is 5.69 Å². The first-order valence-corrected chi connectivity index (χ1v) is 5.24. The van der Waals surface area contributed by atoms with E-state index in [2.05, 4.69) is 10.3 Å². The molecule has 0 aliphatic rings. The molecular formula is C11H14N4O2. The minimum atomic E-state index is -0.183. The standard InChI is InChI=1S/C11H14N4O2/c1-13-10(16)7-17-9-3-2-4-15-8(5-12)6-14-11(9)15/h2-4,6H,5,7,12H2,1H3,(H,13,16). The second-order valence-electron chi connectivity index (χ2n) is 3.48. The summed E-state index contributed by atoms with van der Waals surface area (Å²) >= 11 is 0. The molecule has 0 bridgehead atoms. The molecule has 0 unspecified atom stereocenters.